The normalized spacial score (nSPS) is 12.6. The Morgan fingerprint density at radius 1 is 1.60 bits per heavy atom. The van der Waals surface area contributed by atoms with E-state index in [4.69, 9.17) is 9.66 Å². The molecule has 6 heteroatoms. The predicted octanol–water partition coefficient (Wildman–Crippen LogP) is -1.26. The van der Waals surface area contributed by atoms with Crippen LogP contribution in [0.15, 0.2) is 0 Å². The smallest absolute Gasteiger partial charge is 0.321 e. The van der Waals surface area contributed by atoms with Crippen molar-refractivity contribution in [3.8, 4) is 0 Å². The summed E-state index contributed by atoms with van der Waals surface area (Å²) in [6.07, 6.45) is 0. The molecule has 0 saturated carbocycles. The highest BCUT2D eigenvalue weighted by molar-refractivity contribution is 7.80. The molecule has 0 bridgehead atoms. The van der Waals surface area contributed by atoms with E-state index in [1.54, 1.807) is 0 Å². The zero-order valence-electron chi connectivity index (χ0n) is 5.15. The van der Waals surface area contributed by atoms with Crippen LogP contribution in [0.2, 0.25) is 0 Å². The molecule has 0 aliphatic rings. The second-order valence-electron chi connectivity index (χ2n) is 1.41. The molecule has 0 spiro atoms. The molecule has 0 radical (unpaired) electrons. The summed E-state index contributed by atoms with van der Waals surface area (Å²) in [4.78, 5) is 10.3. The van der Waals surface area contributed by atoms with Crippen LogP contribution in [0, 0.1) is 0 Å². The van der Waals surface area contributed by atoms with Crippen molar-refractivity contribution in [2.45, 2.75) is 0 Å². The van der Waals surface area contributed by atoms with Gasteiger partial charge in [0.25, 0.3) is 0 Å². The van der Waals surface area contributed by atoms with Crippen LogP contribution in [0.4, 0.5) is 0 Å². The zero-order chi connectivity index (χ0) is 7.98. The van der Waals surface area contributed by atoms with Crippen LogP contribution in [0.5, 0.6) is 0 Å². The first-order valence-corrected chi connectivity index (χ1v) is 3.78. The fraction of sp³-hybridized carbons (Fsp3) is 0.750. The average Bonchev–Trinajstić information content (AvgIpc) is 1.82. The van der Waals surface area contributed by atoms with Gasteiger partial charge >= 0.3 is 5.97 Å². The quantitative estimate of drug-likeness (QED) is 0.404. The van der Waals surface area contributed by atoms with Gasteiger partial charge < -0.3 is 14.4 Å². The van der Waals surface area contributed by atoms with E-state index >= 15 is 0 Å². The van der Waals surface area contributed by atoms with E-state index in [0.29, 0.717) is 0 Å². The molecule has 0 rings (SSSR count). The molecule has 0 aromatic heterocycles. The van der Waals surface area contributed by atoms with Crippen molar-refractivity contribution in [1.82, 2.24) is 0 Å². The van der Waals surface area contributed by atoms with Crippen molar-refractivity contribution in [2.24, 2.45) is 0 Å². The molecule has 0 aliphatic carbocycles. The molecule has 0 aromatic rings. The van der Waals surface area contributed by atoms with Crippen molar-refractivity contribution in [1.29, 1.82) is 0 Å². The van der Waals surface area contributed by atoms with Crippen LogP contribution in [-0.4, -0.2) is 38.8 Å². The van der Waals surface area contributed by atoms with Gasteiger partial charge in [-0.25, -0.2) is 4.21 Å². The van der Waals surface area contributed by atoms with E-state index in [1.807, 2.05) is 0 Å². The minimum atomic E-state index is -2.16. The Bertz CT molecular complexity index is 134. The van der Waals surface area contributed by atoms with Gasteiger partial charge in [-0.1, -0.05) is 0 Å². The highest BCUT2D eigenvalue weighted by Crippen LogP contribution is 1.80. The summed E-state index contributed by atoms with van der Waals surface area (Å²) in [7, 11) is 0. The minimum Gasteiger partial charge on any atom is -0.462 e. The van der Waals surface area contributed by atoms with Crippen molar-refractivity contribution in [3.63, 3.8) is 0 Å². The molecule has 0 aromatic carbocycles. The molecule has 2 N–H and O–H groups in total. The third kappa shape index (κ3) is 5.67. The molecular weight excluding hydrogens is 160 g/mol. The lowest BCUT2D eigenvalue weighted by Gasteiger charge is -1.98. The van der Waals surface area contributed by atoms with Gasteiger partial charge in [-0.15, -0.1) is 0 Å². The van der Waals surface area contributed by atoms with Gasteiger partial charge in [-0.05, 0) is 0 Å². The lowest BCUT2D eigenvalue weighted by Crippen LogP contribution is -2.15. The number of ether oxygens (including phenoxy) is 1. The third-order valence-electron chi connectivity index (χ3n) is 0.596. The van der Waals surface area contributed by atoms with Crippen LogP contribution in [0.3, 0.4) is 0 Å². The van der Waals surface area contributed by atoms with E-state index in [1.165, 1.54) is 0 Å². The monoisotopic (exact) mass is 168 g/mol. The third-order valence-corrected chi connectivity index (χ3v) is 1.08. The summed E-state index contributed by atoms with van der Waals surface area (Å²) in [6, 6.07) is 0. The van der Waals surface area contributed by atoms with Gasteiger partial charge in [0.1, 0.15) is 12.4 Å². The van der Waals surface area contributed by atoms with Crippen LogP contribution >= 0.6 is 0 Å². The lowest BCUT2D eigenvalue weighted by atomic mass is 10.7. The van der Waals surface area contributed by atoms with E-state index in [9.17, 15) is 9.00 Å². The Labute approximate surface area is 60.3 Å². The van der Waals surface area contributed by atoms with E-state index in [-0.39, 0.29) is 13.2 Å². The van der Waals surface area contributed by atoms with Crippen LogP contribution in [0.1, 0.15) is 0 Å². The summed E-state index contributed by atoms with van der Waals surface area (Å²) in [5.74, 6) is -1.32. The fourth-order valence-corrected chi connectivity index (χ4v) is 0.587. The number of aliphatic hydroxyl groups is 1. The first-order chi connectivity index (χ1) is 4.66. The SMILES string of the molecule is O=C(CS(=O)O)OCCO. The molecule has 0 fully saturated rings. The Hall–Kier alpha value is -0.460. The highest BCUT2D eigenvalue weighted by atomic mass is 32.2. The maximum absolute atomic E-state index is 10.3. The fourth-order valence-electron chi connectivity index (χ4n) is 0.302. The van der Waals surface area contributed by atoms with Crippen LogP contribution in [0.25, 0.3) is 0 Å². The van der Waals surface area contributed by atoms with Gasteiger partial charge in [0.15, 0.2) is 11.1 Å². The first-order valence-electron chi connectivity index (χ1n) is 2.50. The molecule has 1 atom stereocenters. The highest BCUT2D eigenvalue weighted by Gasteiger charge is 2.05. The maximum Gasteiger partial charge on any atom is 0.321 e. The summed E-state index contributed by atoms with van der Waals surface area (Å²) in [6.45, 7) is -0.403. The van der Waals surface area contributed by atoms with Crippen molar-refractivity contribution in [2.75, 3.05) is 19.0 Å². The number of carbonyl (C=O) groups is 1. The molecule has 5 nitrogen and oxygen atoms in total. The molecule has 0 saturated heterocycles. The molecule has 0 aliphatic heterocycles. The van der Waals surface area contributed by atoms with Gasteiger partial charge in [0.05, 0.1) is 6.61 Å². The van der Waals surface area contributed by atoms with Crippen LogP contribution in [-0.2, 0) is 20.6 Å². The molecule has 0 amide bonds. The minimum absolute atomic E-state index is 0.129. The molecule has 10 heavy (non-hydrogen) atoms. The number of esters is 1. The first kappa shape index (κ1) is 9.54. The lowest BCUT2D eigenvalue weighted by molar-refractivity contribution is -0.141. The molecule has 60 valence electrons. The number of aliphatic hydroxyl groups excluding tert-OH is 1. The van der Waals surface area contributed by atoms with Crippen LogP contribution < -0.4 is 0 Å². The number of hydrogen-bond acceptors (Lipinski definition) is 4. The van der Waals surface area contributed by atoms with E-state index in [0.717, 1.165) is 0 Å². The van der Waals surface area contributed by atoms with E-state index < -0.39 is 22.8 Å². The number of carbonyl (C=O) groups excluding carboxylic acids is 1. The number of hydrogen-bond donors (Lipinski definition) is 2. The number of rotatable bonds is 4. The van der Waals surface area contributed by atoms with Gasteiger partial charge in [0, 0.05) is 0 Å². The molecule has 0 heterocycles. The summed E-state index contributed by atoms with van der Waals surface area (Å²) in [5, 5.41) is 8.13. The average molecular weight is 168 g/mol. The van der Waals surface area contributed by atoms with E-state index in [2.05, 4.69) is 4.74 Å². The van der Waals surface area contributed by atoms with Crippen molar-refractivity contribution >= 4 is 17.0 Å². The zero-order valence-corrected chi connectivity index (χ0v) is 5.97. The second-order valence-corrected chi connectivity index (χ2v) is 2.34. The van der Waals surface area contributed by atoms with Gasteiger partial charge in [-0.3, -0.25) is 4.79 Å². The van der Waals surface area contributed by atoms with Gasteiger partial charge in [-0.2, -0.15) is 0 Å². The topological polar surface area (TPSA) is 83.8 Å². The molecular formula is C4H8O5S. The van der Waals surface area contributed by atoms with Crippen molar-refractivity contribution in [3.05, 3.63) is 0 Å². The Kier molecular flexibility index (Phi) is 5.09. The summed E-state index contributed by atoms with van der Waals surface area (Å²) in [5.41, 5.74) is 0. The summed E-state index contributed by atoms with van der Waals surface area (Å²) >= 11 is -2.16. The standard InChI is InChI=1S/C4H8O5S/c5-1-2-9-4(6)3-10(7)8/h5H,1-3H2,(H,7,8). The largest absolute Gasteiger partial charge is 0.462 e. The predicted molar refractivity (Wildman–Crippen MR) is 33.7 cm³/mol. The Morgan fingerprint density at radius 3 is 2.60 bits per heavy atom. The van der Waals surface area contributed by atoms with Crippen molar-refractivity contribution < 1.29 is 23.4 Å². The second kappa shape index (κ2) is 5.33. The maximum atomic E-state index is 10.3. The Morgan fingerprint density at radius 2 is 2.20 bits per heavy atom. The van der Waals surface area contributed by atoms with Gasteiger partial charge in [0.2, 0.25) is 0 Å². The Balaban J connectivity index is 3.35. The summed E-state index contributed by atoms with van der Waals surface area (Å²) < 4.78 is 22.3. The molecule has 1 unspecified atom stereocenters.